The molecule has 0 aliphatic heterocycles. The van der Waals surface area contributed by atoms with Gasteiger partial charge in [0.15, 0.2) is 0 Å². The van der Waals surface area contributed by atoms with Gasteiger partial charge in [-0.05, 0) is 19.9 Å². The van der Waals surface area contributed by atoms with Crippen LogP contribution in [0.1, 0.15) is 13.8 Å². The lowest BCUT2D eigenvalue weighted by Gasteiger charge is -2.21. The van der Waals surface area contributed by atoms with Crippen molar-refractivity contribution in [3.05, 3.63) is 33.3 Å². The van der Waals surface area contributed by atoms with E-state index in [4.69, 9.17) is 16.3 Å². The molecule has 104 valence electrons. The molecule has 0 radical (unpaired) electrons. The van der Waals surface area contributed by atoms with E-state index < -0.39 is 16.3 Å². The molecule has 0 aliphatic rings. The highest BCUT2D eigenvalue weighted by atomic mass is 35.5. The molecule has 1 rings (SSSR count). The molecule has 6 nitrogen and oxygen atoms in total. The highest BCUT2D eigenvalue weighted by molar-refractivity contribution is 6.32. The fourth-order valence-corrected chi connectivity index (χ4v) is 1.60. The molecule has 0 saturated heterocycles. The monoisotopic (exact) mass is 287 g/mol. The first-order chi connectivity index (χ1) is 8.79. The molecule has 1 aromatic rings. The number of nitro groups is 1. The Hall–Kier alpha value is -1.82. The number of methoxy groups -OCH3 is 1. The summed E-state index contributed by atoms with van der Waals surface area (Å²) >= 11 is 5.87. The van der Waals surface area contributed by atoms with Gasteiger partial charge in [0.2, 0.25) is 5.75 Å². The number of hydrogen-bond donors (Lipinski definition) is 0. The van der Waals surface area contributed by atoms with Crippen LogP contribution in [0.15, 0.2) is 18.2 Å². The number of para-hydroxylation sites is 1. The van der Waals surface area contributed by atoms with E-state index in [0.717, 1.165) is 0 Å². The quantitative estimate of drug-likeness (QED) is 0.473. The molecule has 0 N–H and O–H groups in total. The van der Waals surface area contributed by atoms with Crippen LogP contribution in [-0.4, -0.2) is 24.6 Å². The number of carbonyl (C=O) groups is 1. The summed E-state index contributed by atoms with van der Waals surface area (Å²) in [4.78, 5) is 21.8. The lowest BCUT2D eigenvalue weighted by atomic mass is 9.95. The molecule has 1 aromatic carbocycles. The minimum absolute atomic E-state index is 0.0499. The minimum atomic E-state index is -0.929. The molecule has 0 unspecified atom stereocenters. The average Bonchev–Trinajstić information content (AvgIpc) is 2.35. The molecule has 0 saturated carbocycles. The van der Waals surface area contributed by atoms with Crippen molar-refractivity contribution in [2.75, 3.05) is 13.7 Å². The number of hydrogen-bond acceptors (Lipinski definition) is 5. The van der Waals surface area contributed by atoms with E-state index in [-0.39, 0.29) is 23.1 Å². The van der Waals surface area contributed by atoms with Gasteiger partial charge in [-0.2, -0.15) is 0 Å². The summed E-state index contributed by atoms with van der Waals surface area (Å²) in [6.07, 6.45) is 0. The first kappa shape index (κ1) is 15.2. The Kier molecular flexibility index (Phi) is 4.72. The summed E-state index contributed by atoms with van der Waals surface area (Å²) in [7, 11) is 1.27. The second-order valence-corrected chi connectivity index (χ2v) is 4.92. The van der Waals surface area contributed by atoms with Crippen LogP contribution in [-0.2, 0) is 9.53 Å². The van der Waals surface area contributed by atoms with Gasteiger partial charge in [0.25, 0.3) is 0 Å². The average molecular weight is 288 g/mol. The van der Waals surface area contributed by atoms with Crippen molar-refractivity contribution in [1.29, 1.82) is 0 Å². The van der Waals surface area contributed by atoms with Gasteiger partial charge in [-0.3, -0.25) is 14.9 Å². The van der Waals surface area contributed by atoms with Crippen molar-refractivity contribution in [2.24, 2.45) is 5.41 Å². The first-order valence-corrected chi connectivity index (χ1v) is 5.81. The largest absolute Gasteiger partial charge is 0.485 e. The summed E-state index contributed by atoms with van der Waals surface area (Å²) in [6.45, 7) is 3.15. The Morgan fingerprint density at radius 1 is 1.47 bits per heavy atom. The Morgan fingerprint density at radius 3 is 2.63 bits per heavy atom. The van der Waals surface area contributed by atoms with Crippen molar-refractivity contribution in [3.8, 4) is 5.75 Å². The van der Waals surface area contributed by atoms with E-state index >= 15 is 0 Å². The van der Waals surface area contributed by atoms with Crippen LogP contribution in [0.4, 0.5) is 5.69 Å². The number of carbonyl (C=O) groups excluding carboxylic acids is 1. The molecular weight excluding hydrogens is 274 g/mol. The van der Waals surface area contributed by atoms with Crippen molar-refractivity contribution in [1.82, 2.24) is 0 Å². The van der Waals surface area contributed by atoms with Crippen LogP contribution >= 0.6 is 11.6 Å². The maximum absolute atomic E-state index is 11.5. The van der Waals surface area contributed by atoms with Crippen molar-refractivity contribution >= 4 is 23.3 Å². The van der Waals surface area contributed by atoms with Gasteiger partial charge in [0.1, 0.15) is 6.61 Å². The highest BCUT2D eigenvalue weighted by Gasteiger charge is 2.31. The zero-order valence-corrected chi connectivity index (χ0v) is 11.6. The normalized spacial score (nSPS) is 10.9. The number of halogens is 1. The van der Waals surface area contributed by atoms with Crippen molar-refractivity contribution < 1.29 is 19.2 Å². The Morgan fingerprint density at radius 2 is 2.11 bits per heavy atom. The highest BCUT2D eigenvalue weighted by Crippen LogP contribution is 2.35. The van der Waals surface area contributed by atoms with Gasteiger partial charge in [-0.25, -0.2) is 0 Å². The van der Waals surface area contributed by atoms with Crippen molar-refractivity contribution in [3.63, 3.8) is 0 Å². The van der Waals surface area contributed by atoms with E-state index in [1.165, 1.54) is 25.3 Å². The maximum Gasteiger partial charge on any atom is 0.314 e. The topological polar surface area (TPSA) is 78.7 Å². The first-order valence-electron chi connectivity index (χ1n) is 5.43. The molecule has 0 bridgehead atoms. The SMILES string of the molecule is COC(=O)C(C)(C)COc1c(Cl)cccc1[N+](=O)[O-]. The Balaban J connectivity index is 2.95. The fraction of sp³-hybridized carbons (Fsp3) is 0.417. The third kappa shape index (κ3) is 3.57. The number of benzene rings is 1. The number of esters is 1. The zero-order valence-electron chi connectivity index (χ0n) is 10.8. The molecule has 0 spiro atoms. The third-order valence-electron chi connectivity index (χ3n) is 2.46. The predicted molar refractivity (Wildman–Crippen MR) is 69.4 cm³/mol. The Labute approximate surface area is 115 Å². The molecule has 0 heterocycles. The second kappa shape index (κ2) is 5.88. The lowest BCUT2D eigenvalue weighted by molar-refractivity contribution is -0.385. The summed E-state index contributed by atoms with van der Waals surface area (Å²) < 4.78 is 9.97. The second-order valence-electron chi connectivity index (χ2n) is 4.51. The van der Waals surface area contributed by atoms with E-state index in [2.05, 4.69) is 4.74 Å². The summed E-state index contributed by atoms with van der Waals surface area (Å²) in [5, 5.41) is 11.0. The van der Waals surface area contributed by atoms with E-state index in [1.54, 1.807) is 13.8 Å². The van der Waals surface area contributed by atoms with Crippen LogP contribution in [0.25, 0.3) is 0 Å². The number of rotatable bonds is 5. The predicted octanol–water partition coefficient (Wildman–Crippen LogP) is 2.83. The number of nitro benzene ring substituents is 1. The summed E-state index contributed by atoms with van der Waals surface area (Å²) in [5.74, 6) is -0.520. The Bertz CT molecular complexity index is 501. The minimum Gasteiger partial charge on any atom is -0.485 e. The zero-order chi connectivity index (χ0) is 14.6. The lowest BCUT2D eigenvalue weighted by Crippen LogP contribution is -2.32. The molecule has 0 fully saturated rings. The van der Waals surface area contributed by atoms with E-state index in [9.17, 15) is 14.9 Å². The van der Waals surface area contributed by atoms with Crippen LogP contribution in [0.3, 0.4) is 0 Å². The third-order valence-corrected chi connectivity index (χ3v) is 2.76. The molecule has 0 aliphatic carbocycles. The fourth-order valence-electron chi connectivity index (χ4n) is 1.37. The van der Waals surface area contributed by atoms with E-state index in [0.29, 0.717) is 0 Å². The van der Waals surface area contributed by atoms with Crippen LogP contribution in [0.2, 0.25) is 5.02 Å². The number of ether oxygens (including phenoxy) is 2. The van der Waals surface area contributed by atoms with Gasteiger partial charge in [0.05, 0.1) is 22.5 Å². The maximum atomic E-state index is 11.5. The van der Waals surface area contributed by atoms with Gasteiger partial charge in [-0.15, -0.1) is 0 Å². The molecular formula is C12H14ClNO5. The van der Waals surface area contributed by atoms with Crippen LogP contribution < -0.4 is 4.74 Å². The van der Waals surface area contributed by atoms with Gasteiger partial charge < -0.3 is 9.47 Å². The summed E-state index contributed by atoms with van der Waals surface area (Å²) in [6, 6.07) is 4.22. The smallest absolute Gasteiger partial charge is 0.314 e. The molecule has 19 heavy (non-hydrogen) atoms. The molecule has 0 atom stereocenters. The standard InChI is InChI=1S/C12H14ClNO5/c1-12(2,11(15)18-3)7-19-10-8(13)5-4-6-9(10)14(16)17/h4-6H,7H2,1-3H3. The molecule has 0 aromatic heterocycles. The van der Waals surface area contributed by atoms with Crippen molar-refractivity contribution in [2.45, 2.75) is 13.8 Å². The van der Waals surface area contributed by atoms with Gasteiger partial charge in [0, 0.05) is 6.07 Å². The van der Waals surface area contributed by atoms with Gasteiger partial charge in [-0.1, -0.05) is 17.7 Å². The molecule has 0 amide bonds. The summed E-state index contributed by atoms with van der Waals surface area (Å²) in [5.41, 5.74) is -1.17. The van der Waals surface area contributed by atoms with E-state index in [1.807, 2.05) is 0 Å². The van der Waals surface area contributed by atoms with Crippen LogP contribution in [0, 0.1) is 15.5 Å². The molecule has 7 heteroatoms. The van der Waals surface area contributed by atoms with Crippen LogP contribution in [0.5, 0.6) is 5.75 Å². The van der Waals surface area contributed by atoms with Gasteiger partial charge >= 0.3 is 11.7 Å². The number of nitrogens with zero attached hydrogens (tertiary/aromatic N) is 1.